The third-order valence-electron chi connectivity index (χ3n) is 3.48. The molecule has 1 saturated carbocycles. The number of aliphatic carboxylic acids is 1. The molecule has 1 N–H and O–H groups in total. The van der Waals surface area contributed by atoms with E-state index in [2.05, 4.69) is 4.90 Å². The van der Waals surface area contributed by atoms with E-state index in [0.717, 1.165) is 32.4 Å². The van der Waals surface area contributed by atoms with Gasteiger partial charge in [-0.2, -0.15) is 0 Å². The van der Waals surface area contributed by atoms with Crippen LogP contribution in [0, 0.1) is 5.92 Å². The molecule has 2 aliphatic rings. The molecule has 1 saturated heterocycles. The fourth-order valence-corrected chi connectivity index (χ4v) is 3.73. The van der Waals surface area contributed by atoms with E-state index in [1.165, 1.54) is 0 Å². The number of carboxylic acids is 1. The minimum absolute atomic E-state index is 0.194. The van der Waals surface area contributed by atoms with E-state index >= 15 is 0 Å². The summed E-state index contributed by atoms with van der Waals surface area (Å²) in [5.41, 5.74) is 0. The lowest BCUT2D eigenvalue weighted by Crippen LogP contribution is -2.47. The molecule has 0 aromatic rings. The van der Waals surface area contributed by atoms with Gasteiger partial charge in [-0.3, -0.25) is 13.9 Å². The van der Waals surface area contributed by atoms with Crippen LogP contribution >= 0.6 is 0 Å². The molecule has 0 aromatic heterocycles. The summed E-state index contributed by atoms with van der Waals surface area (Å²) in [6.07, 6.45) is 2.81. The average Bonchev–Trinajstić information content (AvgIpc) is 2.67. The number of rotatable bonds is 2. The first-order valence-electron chi connectivity index (χ1n) is 5.50. The van der Waals surface area contributed by atoms with Crippen molar-refractivity contribution in [2.75, 3.05) is 24.6 Å². The monoisotopic (exact) mass is 231 g/mol. The summed E-state index contributed by atoms with van der Waals surface area (Å²) >= 11 is 0. The van der Waals surface area contributed by atoms with Gasteiger partial charge in [0.15, 0.2) is 0 Å². The van der Waals surface area contributed by atoms with E-state index < -0.39 is 16.8 Å². The van der Waals surface area contributed by atoms with Crippen LogP contribution in [0.3, 0.4) is 0 Å². The topological polar surface area (TPSA) is 57.6 Å². The van der Waals surface area contributed by atoms with Crippen molar-refractivity contribution in [3.05, 3.63) is 0 Å². The molecule has 4 nitrogen and oxygen atoms in total. The Hall–Kier alpha value is -0.420. The molecule has 15 heavy (non-hydrogen) atoms. The van der Waals surface area contributed by atoms with Crippen molar-refractivity contribution < 1.29 is 14.1 Å². The molecule has 1 heterocycles. The predicted octanol–water partition coefficient (Wildman–Crippen LogP) is 0.304. The summed E-state index contributed by atoms with van der Waals surface area (Å²) in [6.45, 7) is 1.61. The molecule has 2 atom stereocenters. The second-order valence-electron chi connectivity index (χ2n) is 4.33. The Morgan fingerprint density at radius 2 is 1.93 bits per heavy atom. The van der Waals surface area contributed by atoms with Gasteiger partial charge in [0, 0.05) is 41.4 Å². The molecular formula is C10H17NO3S. The van der Waals surface area contributed by atoms with Gasteiger partial charge in [0.1, 0.15) is 0 Å². The predicted molar refractivity (Wildman–Crippen MR) is 58.2 cm³/mol. The smallest absolute Gasteiger partial charge is 0.308 e. The lowest BCUT2D eigenvalue weighted by atomic mass is 10.0. The zero-order valence-electron chi connectivity index (χ0n) is 8.72. The highest BCUT2D eigenvalue weighted by molar-refractivity contribution is 7.85. The van der Waals surface area contributed by atoms with Gasteiger partial charge in [-0.15, -0.1) is 0 Å². The van der Waals surface area contributed by atoms with Crippen molar-refractivity contribution in [3.8, 4) is 0 Å². The standard InChI is InChI=1S/C10H17NO3S/c12-10(13)8-2-1-3-9(8)11-4-6-15(14)7-5-11/h8-9H,1-7H2,(H,12,13). The van der Waals surface area contributed by atoms with Gasteiger partial charge >= 0.3 is 5.97 Å². The van der Waals surface area contributed by atoms with Crippen molar-refractivity contribution in [1.29, 1.82) is 0 Å². The van der Waals surface area contributed by atoms with Crippen LogP contribution < -0.4 is 0 Å². The summed E-state index contributed by atoms with van der Waals surface area (Å²) in [7, 11) is -0.672. The zero-order valence-corrected chi connectivity index (χ0v) is 9.54. The van der Waals surface area contributed by atoms with E-state index in [1.54, 1.807) is 0 Å². The van der Waals surface area contributed by atoms with Crippen molar-refractivity contribution in [3.63, 3.8) is 0 Å². The Balaban J connectivity index is 1.97. The van der Waals surface area contributed by atoms with Crippen LogP contribution in [0.25, 0.3) is 0 Å². The van der Waals surface area contributed by atoms with Crippen LogP contribution in [0.5, 0.6) is 0 Å². The van der Waals surface area contributed by atoms with E-state index in [1.807, 2.05) is 0 Å². The third kappa shape index (κ3) is 2.39. The minimum Gasteiger partial charge on any atom is -0.481 e. The molecule has 0 aromatic carbocycles. The summed E-state index contributed by atoms with van der Waals surface area (Å²) < 4.78 is 11.2. The van der Waals surface area contributed by atoms with Crippen LogP contribution in [-0.2, 0) is 15.6 Å². The minimum atomic E-state index is -0.672. The van der Waals surface area contributed by atoms with Crippen molar-refractivity contribution in [2.45, 2.75) is 25.3 Å². The molecule has 5 heteroatoms. The number of hydrogen-bond donors (Lipinski definition) is 1. The summed E-state index contributed by atoms with van der Waals surface area (Å²) in [6, 6.07) is 0.194. The Bertz CT molecular complexity index is 272. The highest BCUT2D eigenvalue weighted by atomic mass is 32.2. The molecule has 0 bridgehead atoms. The van der Waals surface area contributed by atoms with E-state index in [9.17, 15) is 9.00 Å². The van der Waals surface area contributed by atoms with E-state index in [0.29, 0.717) is 11.5 Å². The van der Waals surface area contributed by atoms with Gasteiger partial charge in [0.2, 0.25) is 0 Å². The average molecular weight is 231 g/mol. The first kappa shape index (κ1) is 11.1. The fourth-order valence-electron chi connectivity index (χ4n) is 2.65. The second kappa shape index (κ2) is 4.61. The molecule has 1 aliphatic heterocycles. The summed E-state index contributed by atoms with van der Waals surface area (Å²) in [5, 5.41) is 9.08. The van der Waals surface area contributed by atoms with Gasteiger partial charge < -0.3 is 5.11 Å². The number of carbonyl (C=O) groups is 1. The van der Waals surface area contributed by atoms with Crippen LogP contribution in [-0.4, -0.2) is 50.8 Å². The van der Waals surface area contributed by atoms with Gasteiger partial charge in [-0.1, -0.05) is 6.42 Å². The SMILES string of the molecule is O=C(O)C1CCCC1N1CCS(=O)CC1. The van der Waals surface area contributed by atoms with E-state index in [4.69, 9.17) is 5.11 Å². The maximum absolute atomic E-state index is 11.2. The quantitative estimate of drug-likeness (QED) is 0.743. The largest absolute Gasteiger partial charge is 0.481 e. The van der Waals surface area contributed by atoms with Crippen molar-refractivity contribution in [1.82, 2.24) is 4.90 Å². The number of hydrogen-bond acceptors (Lipinski definition) is 3. The van der Waals surface area contributed by atoms with Crippen LogP contribution in [0.4, 0.5) is 0 Å². The Kier molecular flexibility index (Phi) is 3.41. The van der Waals surface area contributed by atoms with Gasteiger partial charge in [-0.25, -0.2) is 0 Å². The molecule has 86 valence electrons. The Morgan fingerprint density at radius 1 is 1.27 bits per heavy atom. The molecule has 1 aliphatic carbocycles. The number of nitrogens with zero attached hydrogens (tertiary/aromatic N) is 1. The van der Waals surface area contributed by atoms with Crippen LogP contribution in [0.15, 0.2) is 0 Å². The van der Waals surface area contributed by atoms with Gasteiger partial charge in [0.25, 0.3) is 0 Å². The molecule has 2 fully saturated rings. The highest BCUT2D eigenvalue weighted by Crippen LogP contribution is 2.30. The zero-order chi connectivity index (χ0) is 10.8. The first-order chi connectivity index (χ1) is 7.18. The van der Waals surface area contributed by atoms with E-state index in [-0.39, 0.29) is 12.0 Å². The molecule has 0 amide bonds. The van der Waals surface area contributed by atoms with Gasteiger partial charge in [0.05, 0.1) is 5.92 Å². The van der Waals surface area contributed by atoms with Gasteiger partial charge in [-0.05, 0) is 12.8 Å². The Morgan fingerprint density at radius 3 is 2.53 bits per heavy atom. The van der Waals surface area contributed by atoms with Crippen molar-refractivity contribution >= 4 is 16.8 Å². The number of carboxylic acid groups (broad SMARTS) is 1. The summed E-state index contributed by atoms with van der Waals surface area (Å²) in [4.78, 5) is 13.3. The molecule has 0 spiro atoms. The first-order valence-corrected chi connectivity index (χ1v) is 6.99. The molecule has 2 unspecified atom stereocenters. The maximum Gasteiger partial charge on any atom is 0.308 e. The second-order valence-corrected chi connectivity index (χ2v) is 6.02. The fraction of sp³-hybridized carbons (Fsp3) is 0.900. The highest BCUT2D eigenvalue weighted by Gasteiger charge is 2.37. The maximum atomic E-state index is 11.2. The van der Waals surface area contributed by atoms with Crippen LogP contribution in [0.1, 0.15) is 19.3 Å². The normalized spacial score (nSPS) is 34.4. The molecular weight excluding hydrogens is 214 g/mol. The molecule has 2 rings (SSSR count). The third-order valence-corrected chi connectivity index (χ3v) is 4.75. The van der Waals surface area contributed by atoms with Crippen LogP contribution in [0.2, 0.25) is 0 Å². The lowest BCUT2D eigenvalue weighted by molar-refractivity contribution is -0.143. The molecule has 0 radical (unpaired) electrons. The van der Waals surface area contributed by atoms with Crippen molar-refractivity contribution in [2.24, 2.45) is 5.92 Å². The Labute approximate surface area is 92.1 Å². The summed E-state index contributed by atoms with van der Waals surface area (Å²) in [5.74, 6) is 0.562. The lowest BCUT2D eigenvalue weighted by Gasteiger charge is -2.33.